The fourth-order valence-electron chi connectivity index (χ4n) is 1.97. The normalized spacial score (nSPS) is 10.4. The van der Waals surface area contributed by atoms with E-state index in [1.165, 1.54) is 0 Å². The molecule has 0 aliphatic carbocycles. The van der Waals surface area contributed by atoms with Crippen molar-refractivity contribution in [1.82, 2.24) is 4.98 Å². The number of hydrogen-bond acceptors (Lipinski definition) is 3. The Morgan fingerprint density at radius 1 is 1.05 bits per heavy atom. The Kier molecular flexibility index (Phi) is 3.17. The van der Waals surface area contributed by atoms with Crippen molar-refractivity contribution in [1.29, 1.82) is 0 Å². The summed E-state index contributed by atoms with van der Waals surface area (Å²) in [5.74, 6) is 0.187. The minimum Gasteiger partial charge on any atom is -0.423 e. The molecule has 3 heteroatoms. The van der Waals surface area contributed by atoms with Crippen LogP contribution in [0.25, 0.3) is 10.9 Å². The second-order valence-corrected chi connectivity index (χ2v) is 4.61. The van der Waals surface area contributed by atoms with Crippen LogP contribution in [0, 0.1) is 6.92 Å². The molecular formula is C17H13NO2. The van der Waals surface area contributed by atoms with Crippen molar-refractivity contribution in [3.63, 3.8) is 0 Å². The van der Waals surface area contributed by atoms with Gasteiger partial charge in [-0.2, -0.15) is 0 Å². The SMILES string of the molecule is Cc1ccc(OC(=O)c2ccc3ncccc3c2)cc1. The lowest BCUT2D eigenvalue weighted by Gasteiger charge is -2.05. The standard InChI is InChI=1S/C17H13NO2/c1-12-4-7-15(8-5-12)20-17(19)14-6-9-16-13(11-14)3-2-10-18-16/h2-11H,1H3. The lowest BCUT2D eigenvalue weighted by atomic mass is 10.1. The molecular weight excluding hydrogens is 250 g/mol. The van der Waals surface area contributed by atoms with E-state index in [-0.39, 0.29) is 5.97 Å². The molecule has 0 aliphatic rings. The zero-order valence-corrected chi connectivity index (χ0v) is 11.0. The van der Waals surface area contributed by atoms with E-state index in [1.807, 2.05) is 37.3 Å². The van der Waals surface area contributed by atoms with Gasteiger partial charge in [0.25, 0.3) is 0 Å². The van der Waals surface area contributed by atoms with Gasteiger partial charge in [-0.25, -0.2) is 4.79 Å². The smallest absolute Gasteiger partial charge is 0.343 e. The minimum atomic E-state index is -0.361. The molecule has 0 saturated carbocycles. The molecule has 2 aromatic carbocycles. The largest absolute Gasteiger partial charge is 0.423 e. The fourth-order valence-corrected chi connectivity index (χ4v) is 1.97. The second kappa shape index (κ2) is 5.13. The van der Waals surface area contributed by atoms with Gasteiger partial charge in [-0.05, 0) is 43.3 Å². The van der Waals surface area contributed by atoms with E-state index in [2.05, 4.69) is 4.98 Å². The van der Waals surface area contributed by atoms with Gasteiger partial charge in [0.15, 0.2) is 0 Å². The Bertz CT molecular complexity index is 763. The first kappa shape index (κ1) is 12.4. The van der Waals surface area contributed by atoms with Crippen LogP contribution in [0.3, 0.4) is 0 Å². The third-order valence-electron chi connectivity index (χ3n) is 3.07. The highest BCUT2D eigenvalue weighted by molar-refractivity contribution is 5.95. The van der Waals surface area contributed by atoms with Crippen molar-refractivity contribution in [2.75, 3.05) is 0 Å². The summed E-state index contributed by atoms with van der Waals surface area (Å²) in [6.45, 7) is 1.99. The molecule has 0 aliphatic heterocycles. The third kappa shape index (κ3) is 2.52. The summed E-state index contributed by atoms with van der Waals surface area (Å²) in [5.41, 5.74) is 2.51. The summed E-state index contributed by atoms with van der Waals surface area (Å²) in [6.07, 6.45) is 1.73. The Labute approximate surface area is 116 Å². The Balaban J connectivity index is 1.86. The molecule has 0 spiro atoms. The van der Waals surface area contributed by atoms with Crippen LogP contribution < -0.4 is 4.74 Å². The molecule has 0 atom stereocenters. The molecule has 20 heavy (non-hydrogen) atoms. The predicted molar refractivity (Wildman–Crippen MR) is 77.9 cm³/mol. The number of benzene rings is 2. The number of aryl methyl sites for hydroxylation is 1. The van der Waals surface area contributed by atoms with E-state index in [1.54, 1.807) is 30.5 Å². The molecule has 0 fully saturated rings. The number of pyridine rings is 1. The number of carbonyl (C=O) groups excluding carboxylic acids is 1. The van der Waals surface area contributed by atoms with E-state index in [4.69, 9.17) is 4.74 Å². The lowest BCUT2D eigenvalue weighted by Crippen LogP contribution is -2.08. The van der Waals surface area contributed by atoms with Gasteiger partial charge in [0.1, 0.15) is 5.75 Å². The topological polar surface area (TPSA) is 39.2 Å². The highest BCUT2D eigenvalue weighted by Gasteiger charge is 2.09. The fraction of sp³-hybridized carbons (Fsp3) is 0.0588. The van der Waals surface area contributed by atoms with Gasteiger partial charge in [-0.15, -0.1) is 0 Å². The second-order valence-electron chi connectivity index (χ2n) is 4.61. The average Bonchev–Trinajstić information content (AvgIpc) is 2.49. The van der Waals surface area contributed by atoms with Crippen molar-refractivity contribution >= 4 is 16.9 Å². The summed E-state index contributed by atoms with van der Waals surface area (Å²) >= 11 is 0. The molecule has 3 nitrogen and oxygen atoms in total. The first-order valence-corrected chi connectivity index (χ1v) is 6.36. The Morgan fingerprint density at radius 3 is 2.65 bits per heavy atom. The molecule has 3 aromatic rings. The van der Waals surface area contributed by atoms with Gasteiger partial charge >= 0.3 is 5.97 Å². The van der Waals surface area contributed by atoms with Crippen molar-refractivity contribution in [2.24, 2.45) is 0 Å². The number of rotatable bonds is 2. The molecule has 98 valence electrons. The van der Waals surface area contributed by atoms with Crippen LogP contribution in [0.1, 0.15) is 15.9 Å². The summed E-state index contributed by atoms with van der Waals surface area (Å²) in [4.78, 5) is 16.3. The molecule has 0 radical (unpaired) electrons. The van der Waals surface area contributed by atoms with Gasteiger partial charge in [-0.1, -0.05) is 23.8 Å². The molecule has 0 N–H and O–H groups in total. The first-order chi connectivity index (χ1) is 9.72. The van der Waals surface area contributed by atoms with Crippen LogP contribution in [-0.4, -0.2) is 11.0 Å². The Morgan fingerprint density at radius 2 is 1.85 bits per heavy atom. The van der Waals surface area contributed by atoms with Crippen LogP contribution in [-0.2, 0) is 0 Å². The number of carbonyl (C=O) groups is 1. The van der Waals surface area contributed by atoms with Crippen LogP contribution in [0.5, 0.6) is 5.75 Å². The molecule has 0 bridgehead atoms. The Hall–Kier alpha value is -2.68. The molecule has 0 amide bonds. The maximum Gasteiger partial charge on any atom is 0.343 e. The van der Waals surface area contributed by atoms with Gasteiger partial charge in [0.2, 0.25) is 0 Å². The van der Waals surface area contributed by atoms with Gasteiger partial charge < -0.3 is 4.74 Å². The third-order valence-corrected chi connectivity index (χ3v) is 3.07. The zero-order valence-electron chi connectivity index (χ0n) is 11.0. The van der Waals surface area contributed by atoms with E-state index >= 15 is 0 Å². The van der Waals surface area contributed by atoms with E-state index < -0.39 is 0 Å². The predicted octanol–water partition coefficient (Wildman–Crippen LogP) is 3.76. The molecule has 3 rings (SSSR count). The first-order valence-electron chi connectivity index (χ1n) is 6.36. The van der Waals surface area contributed by atoms with E-state index in [9.17, 15) is 4.79 Å². The number of nitrogens with zero attached hydrogens (tertiary/aromatic N) is 1. The highest BCUT2D eigenvalue weighted by Crippen LogP contribution is 2.17. The summed E-state index contributed by atoms with van der Waals surface area (Å²) < 4.78 is 5.34. The van der Waals surface area contributed by atoms with Gasteiger partial charge in [0.05, 0.1) is 11.1 Å². The average molecular weight is 263 g/mol. The van der Waals surface area contributed by atoms with Crippen LogP contribution in [0.2, 0.25) is 0 Å². The monoisotopic (exact) mass is 263 g/mol. The maximum atomic E-state index is 12.1. The minimum absolute atomic E-state index is 0.361. The van der Waals surface area contributed by atoms with E-state index in [0.717, 1.165) is 16.5 Å². The quantitative estimate of drug-likeness (QED) is 0.522. The number of hydrogen-bond donors (Lipinski definition) is 0. The summed E-state index contributed by atoms with van der Waals surface area (Å²) in [6, 6.07) is 16.5. The maximum absolute atomic E-state index is 12.1. The van der Waals surface area contributed by atoms with Crippen LogP contribution in [0.15, 0.2) is 60.8 Å². The lowest BCUT2D eigenvalue weighted by molar-refractivity contribution is 0.0735. The number of ether oxygens (including phenoxy) is 1. The van der Waals surface area contributed by atoms with Crippen LogP contribution in [0.4, 0.5) is 0 Å². The van der Waals surface area contributed by atoms with Gasteiger partial charge in [0, 0.05) is 11.6 Å². The van der Waals surface area contributed by atoms with Crippen LogP contribution >= 0.6 is 0 Å². The number of fused-ring (bicyclic) bond motifs is 1. The molecule has 0 saturated heterocycles. The number of aromatic nitrogens is 1. The summed E-state index contributed by atoms with van der Waals surface area (Å²) in [5, 5.41) is 0.922. The van der Waals surface area contributed by atoms with Crippen molar-refractivity contribution in [3.8, 4) is 5.75 Å². The zero-order chi connectivity index (χ0) is 13.9. The molecule has 1 heterocycles. The highest BCUT2D eigenvalue weighted by atomic mass is 16.5. The molecule has 1 aromatic heterocycles. The van der Waals surface area contributed by atoms with E-state index in [0.29, 0.717) is 11.3 Å². The van der Waals surface area contributed by atoms with Crippen molar-refractivity contribution in [2.45, 2.75) is 6.92 Å². The number of esters is 1. The van der Waals surface area contributed by atoms with Gasteiger partial charge in [-0.3, -0.25) is 4.98 Å². The van der Waals surface area contributed by atoms with Crippen molar-refractivity contribution < 1.29 is 9.53 Å². The van der Waals surface area contributed by atoms with Crippen molar-refractivity contribution in [3.05, 3.63) is 71.9 Å². The molecule has 0 unspecified atom stereocenters. The summed E-state index contributed by atoms with van der Waals surface area (Å²) in [7, 11) is 0.